The fraction of sp³-hybridized carbons (Fsp3) is 0.348. The van der Waals surface area contributed by atoms with Gasteiger partial charge >= 0.3 is 0 Å². The highest BCUT2D eigenvalue weighted by Crippen LogP contribution is 2.41. The number of hydrogen-bond donors (Lipinski definition) is 2. The Morgan fingerprint density at radius 1 is 1.15 bits per heavy atom. The molecule has 1 aliphatic heterocycles. The van der Waals surface area contributed by atoms with Crippen molar-refractivity contribution in [3.8, 4) is 5.75 Å². The summed E-state index contributed by atoms with van der Waals surface area (Å²) in [5, 5.41) is 15.9. The molecule has 2 aromatic carbocycles. The summed E-state index contributed by atoms with van der Waals surface area (Å²) in [5.41, 5.74) is 14.5. The second kappa shape index (κ2) is 8.89. The molecule has 0 saturated heterocycles. The number of aliphatic imine (C=N–C) groups is 2. The first kappa shape index (κ1) is 22.3. The van der Waals surface area contributed by atoms with E-state index in [1.54, 1.807) is 11.0 Å². The molecule has 4 rings (SSSR count). The lowest BCUT2D eigenvalue weighted by molar-refractivity contribution is -0.384. The molecule has 0 aromatic heterocycles. The number of non-ortho nitro benzene ring substituents is 1. The van der Waals surface area contributed by atoms with E-state index in [1.807, 2.05) is 38.1 Å². The molecule has 33 heavy (non-hydrogen) atoms. The molecule has 2 aromatic rings. The largest absolute Gasteiger partial charge is 0.369 e. The van der Waals surface area contributed by atoms with E-state index in [9.17, 15) is 10.1 Å². The van der Waals surface area contributed by atoms with Gasteiger partial charge in [-0.05, 0) is 45.1 Å². The van der Waals surface area contributed by atoms with E-state index in [4.69, 9.17) is 16.3 Å². The fourth-order valence-electron chi connectivity index (χ4n) is 4.32. The van der Waals surface area contributed by atoms with Gasteiger partial charge in [-0.1, -0.05) is 41.4 Å². The quantitative estimate of drug-likeness (QED) is 0.403. The zero-order chi connectivity index (χ0) is 23.6. The number of anilines is 1. The van der Waals surface area contributed by atoms with E-state index in [2.05, 4.69) is 15.1 Å². The van der Waals surface area contributed by atoms with E-state index < -0.39 is 10.6 Å². The normalized spacial score (nSPS) is 18.0. The average Bonchev–Trinajstić information content (AvgIpc) is 2.77. The molecule has 1 aliphatic carbocycles. The molecule has 10 heteroatoms. The van der Waals surface area contributed by atoms with Crippen LogP contribution in [-0.2, 0) is 0 Å². The first-order valence-corrected chi connectivity index (χ1v) is 10.9. The highest BCUT2D eigenvalue weighted by molar-refractivity contribution is 6.06. The summed E-state index contributed by atoms with van der Waals surface area (Å²) in [6.07, 6.45) is 4.40. The van der Waals surface area contributed by atoms with Crippen molar-refractivity contribution >= 4 is 29.0 Å². The average molecular weight is 450 g/mol. The fourth-order valence-corrected chi connectivity index (χ4v) is 4.32. The summed E-state index contributed by atoms with van der Waals surface area (Å²) in [4.78, 5) is 27.3. The predicted octanol–water partition coefficient (Wildman–Crippen LogP) is 3.82. The molecule has 172 valence electrons. The lowest BCUT2D eigenvalue weighted by Gasteiger charge is -2.45. The lowest BCUT2D eigenvalue weighted by Crippen LogP contribution is -2.58. The van der Waals surface area contributed by atoms with Gasteiger partial charge in [-0.15, -0.1) is 0 Å². The third kappa shape index (κ3) is 4.64. The number of nitro benzene ring substituents is 1. The van der Waals surface area contributed by atoms with Crippen LogP contribution in [0, 0.1) is 17.0 Å². The van der Waals surface area contributed by atoms with Crippen molar-refractivity contribution in [3.05, 3.63) is 63.7 Å². The molecule has 1 spiro atoms. The van der Waals surface area contributed by atoms with Crippen molar-refractivity contribution < 1.29 is 9.76 Å². The lowest BCUT2D eigenvalue weighted by atomic mass is 9.87. The maximum atomic E-state index is 11.7. The van der Waals surface area contributed by atoms with E-state index in [-0.39, 0.29) is 23.4 Å². The standard InChI is InChI=1S/C23H27N7O3/c1-15-6-8-17(9-7-15)16(2)28-33-20-13-18(12-19(14-20)30(31)32)29-22(25)26-21(24)27-23(29)10-4-3-5-11-23/h6-9,12-14H,3-5,10-11H2,1-2H3,(H4,24,25,26,27). The number of guanidine groups is 2. The van der Waals surface area contributed by atoms with Crippen LogP contribution in [0.2, 0.25) is 0 Å². The van der Waals surface area contributed by atoms with Gasteiger partial charge in [0.05, 0.1) is 22.4 Å². The Morgan fingerprint density at radius 3 is 2.52 bits per heavy atom. The minimum absolute atomic E-state index is 0.117. The van der Waals surface area contributed by atoms with Crippen LogP contribution in [0.4, 0.5) is 11.4 Å². The maximum absolute atomic E-state index is 11.7. The molecule has 1 heterocycles. The van der Waals surface area contributed by atoms with Gasteiger partial charge in [0.1, 0.15) is 5.66 Å². The topological polar surface area (TPSA) is 145 Å². The van der Waals surface area contributed by atoms with Gasteiger partial charge < -0.3 is 16.3 Å². The van der Waals surface area contributed by atoms with E-state index in [1.165, 1.54) is 12.1 Å². The number of nitrogens with zero attached hydrogens (tertiary/aromatic N) is 5. The van der Waals surface area contributed by atoms with E-state index in [0.29, 0.717) is 24.2 Å². The zero-order valence-electron chi connectivity index (χ0n) is 18.7. The smallest absolute Gasteiger partial charge is 0.275 e. The third-order valence-corrected chi connectivity index (χ3v) is 5.95. The molecule has 0 amide bonds. The van der Waals surface area contributed by atoms with Crippen LogP contribution in [0.3, 0.4) is 0 Å². The summed E-state index contributed by atoms with van der Waals surface area (Å²) in [7, 11) is 0. The highest BCUT2D eigenvalue weighted by atomic mass is 16.6. The van der Waals surface area contributed by atoms with Gasteiger partial charge in [0.2, 0.25) is 11.9 Å². The predicted molar refractivity (Wildman–Crippen MR) is 129 cm³/mol. The Kier molecular flexibility index (Phi) is 5.99. The molecule has 4 N–H and O–H groups in total. The molecule has 0 atom stereocenters. The number of rotatable bonds is 5. The molecule has 1 saturated carbocycles. The van der Waals surface area contributed by atoms with Gasteiger partial charge in [0.25, 0.3) is 5.69 Å². The molecular weight excluding hydrogens is 422 g/mol. The minimum Gasteiger partial charge on any atom is -0.369 e. The van der Waals surface area contributed by atoms with Gasteiger partial charge in [0, 0.05) is 12.1 Å². The summed E-state index contributed by atoms with van der Waals surface area (Å²) >= 11 is 0. The highest BCUT2D eigenvalue weighted by Gasteiger charge is 2.43. The Hall–Kier alpha value is -3.95. The first-order valence-electron chi connectivity index (χ1n) is 10.9. The number of oxime groups is 1. The first-order chi connectivity index (χ1) is 15.8. The zero-order valence-corrected chi connectivity index (χ0v) is 18.7. The van der Waals surface area contributed by atoms with Crippen molar-refractivity contribution in [2.24, 2.45) is 26.6 Å². The minimum atomic E-state index is -0.720. The molecule has 0 radical (unpaired) electrons. The van der Waals surface area contributed by atoms with Crippen molar-refractivity contribution in [2.45, 2.75) is 51.6 Å². The number of nitro groups is 1. The number of nitrogens with two attached hydrogens (primary N) is 2. The monoisotopic (exact) mass is 449 g/mol. The van der Waals surface area contributed by atoms with Crippen LogP contribution in [0.25, 0.3) is 0 Å². The second-order valence-corrected chi connectivity index (χ2v) is 8.39. The van der Waals surface area contributed by atoms with Crippen molar-refractivity contribution in [1.82, 2.24) is 0 Å². The summed E-state index contributed by atoms with van der Waals surface area (Å²) in [5.74, 6) is 0.480. The number of benzene rings is 2. The van der Waals surface area contributed by atoms with Crippen LogP contribution in [-0.4, -0.2) is 28.2 Å². The van der Waals surface area contributed by atoms with E-state index in [0.717, 1.165) is 30.4 Å². The summed E-state index contributed by atoms with van der Waals surface area (Å²) in [6.45, 7) is 3.82. The van der Waals surface area contributed by atoms with Crippen LogP contribution in [0.15, 0.2) is 57.6 Å². The van der Waals surface area contributed by atoms with Crippen molar-refractivity contribution in [2.75, 3.05) is 4.90 Å². The van der Waals surface area contributed by atoms with Gasteiger partial charge in [-0.25, -0.2) is 4.99 Å². The molecule has 0 bridgehead atoms. The van der Waals surface area contributed by atoms with Crippen LogP contribution in [0.5, 0.6) is 5.75 Å². The molecule has 1 fully saturated rings. The molecule has 2 aliphatic rings. The Labute approximate surface area is 191 Å². The van der Waals surface area contributed by atoms with Crippen LogP contribution < -0.4 is 21.2 Å². The second-order valence-electron chi connectivity index (χ2n) is 8.39. The molecule has 10 nitrogen and oxygen atoms in total. The van der Waals surface area contributed by atoms with Gasteiger partial charge in [-0.2, -0.15) is 4.99 Å². The van der Waals surface area contributed by atoms with Crippen molar-refractivity contribution in [1.29, 1.82) is 0 Å². The SMILES string of the molecule is CC(=NOc1cc(N2C(N)=NC(N)=NC23CCCCC3)cc([N+](=O)[O-])c1)c1ccc(C)cc1. The van der Waals surface area contributed by atoms with Crippen LogP contribution in [0.1, 0.15) is 50.2 Å². The molecule has 0 unspecified atom stereocenters. The van der Waals surface area contributed by atoms with E-state index >= 15 is 0 Å². The maximum Gasteiger partial charge on any atom is 0.275 e. The Morgan fingerprint density at radius 2 is 1.85 bits per heavy atom. The van der Waals surface area contributed by atoms with Crippen LogP contribution >= 0.6 is 0 Å². The number of aryl methyl sites for hydroxylation is 1. The Balaban J connectivity index is 1.71. The van der Waals surface area contributed by atoms with Crippen molar-refractivity contribution in [3.63, 3.8) is 0 Å². The summed E-state index contributed by atoms with van der Waals surface area (Å²) < 4.78 is 0. The third-order valence-electron chi connectivity index (χ3n) is 5.95. The molecular formula is C23H27N7O3. The van der Waals surface area contributed by atoms with Gasteiger partial charge in [0.15, 0.2) is 5.75 Å². The number of hydrogen-bond acceptors (Lipinski definition) is 9. The van der Waals surface area contributed by atoms with Gasteiger partial charge in [-0.3, -0.25) is 15.0 Å². The summed E-state index contributed by atoms with van der Waals surface area (Å²) in [6, 6.07) is 12.3. The Bertz CT molecular complexity index is 1150.